The van der Waals surface area contributed by atoms with Crippen LogP contribution in [0.2, 0.25) is 0 Å². The Hall–Kier alpha value is -0.555. The molecule has 6 heteroatoms. The topological polar surface area (TPSA) is 32.7 Å². The Morgan fingerprint density at radius 1 is 1.56 bits per heavy atom. The quantitative estimate of drug-likeness (QED) is 0.660. The van der Waals surface area contributed by atoms with Crippen molar-refractivity contribution in [3.05, 3.63) is 23.8 Å². The fourth-order valence-electron chi connectivity index (χ4n) is 1.80. The smallest absolute Gasteiger partial charge is 0.423 e. The lowest BCUT2D eigenvalue weighted by Gasteiger charge is -2.21. The first-order valence-electron chi connectivity index (χ1n) is 5.86. The van der Waals surface area contributed by atoms with Gasteiger partial charge in [0.15, 0.2) is 0 Å². The van der Waals surface area contributed by atoms with Crippen molar-refractivity contribution in [1.29, 1.82) is 0 Å². The third-order valence-electron chi connectivity index (χ3n) is 2.79. The normalized spacial score (nSPS) is 13.9. The molecular weight excluding hydrogens is 265 g/mol. The zero-order valence-corrected chi connectivity index (χ0v) is 12.3. The second-order valence-corrected chi connectivity index (χ2v) is 6.75. The van der Waals surface area contributed by atoms with Crippen molar-refractivity contribution in [2.75, 3.05) is 11.9 Å². The highest BCUT2D eigenvalue weighted by molar-refractivity contribution is 8.23. The van der Waals surface area contributed by atoms with E-state index in [-0.39, 0.29) is 0 Å². The van der Waals surface area contributed by atoms with Crippen LogP contribution in [-0.4, -0.2) is 28.8 Å². The molecule has 0 aromatic heterocycles. The van der Waals surface area contributed by atoms with E-state index in [4.69, 9.17) is 16.9 Å². The van der Waals surface area contributed by atoms with Crippen molar-refractivity contribution < 1.29 is 9.68 Å². The van der Waals surface area contributed by atoms with E-state index in [1.807, 2.05) is 30.1 Å². The Morgan fingerprint density at radius 2 is 2.28 bits per heavy atom. The Labute approximate surface area is 118 Å². The van der Waals surface area contributed by atoms with E-state index in [0.29, 0.717) is 11.9 Å². The third kappa shape index (κ3) is 2.88. The first kappa shape index (κ1) is 13.9. The van der Waals surface area contributed by atoms with Crippen LogP contribution in [0.3, 0.4) is 0 Å². The van der Waals surface area contributed by atoms with Gasteiger partial charge in [-0.15, -0.1) is 0 Å². The molecule has 0 unspecified atom stereocenters. The van der Waals surface area contributed by atoms with Gasteiger partial charge in [0.1, 0.15) is 4.32 Å². The molecule has 1 N–H and O–H groups in total. The van der Waals surface area contributed by atoms with E-state index in [2.05, 4.69) is 13.8 Å². The number of nitrogens with zero attached hydrogens (tertiary/aromatic N) is 1. The molecule has 0 bridgehead atoms. The first-order valence-corrected chi connectivity index (χ1v) is 7.14. The summed E-state index contributed by atoms with van der Waals surface area (Å²) in [5.41, 5.74) is 2.87. The van der Waals surface area contributed by atoms with Crippen molar-refractivity contribution in [1.82, 2.24) is 0 Å². The van der Waals surface area contributed by atoms with E-state index < -0.39 is 7.12 Å². The summed E-state index contributed by atoms with van der Waals surface area (Å²) < 4.78 is 6.01. The second kappa shape index (κ2) is 5.61. The largest absolute Gasteiger partial charge is 0.491 e. The molecule has 2 rings (SSSR count). The summed E-state index contributed by atoms with van der Waals surface area (Å²) >= 11 is 7.04. The monoisotopic (exact) mass is 281 g/mol. The number of rotatable bonds is 2. The summed E-state index contributed by atoms with van der Waals surface area (Å²) in [7, 11) is 1.14. The minimum Gasteiger partial charge on any atom is -0.423 e. The lowest BCUT2D eigenvalue weighted by molar-refractivity contribution is 0.275. The lowest BCUT2D eigenvalue weighted by atomic mass is 9.79. The van der Waals surface area contributed by atoms with Gasteiger partial charge in [-0.3, -0.25) is 0 Å². The summed E-state index contributed by atoms with van der Waals surface area (Å²) in [6.45, 7) is 4.71. The zero-order chi connectivity index (χ0) is 13.3. The van der Waals surface area contributed by atoms with Gasteiger partial charge in [-0.2, -0.15) is 0 Å². The summed E-state index contributed by atoms with van der Waals surface area (Å²) in [5.74, 6) is 0. The Morgan fingerprint density at radius 3 is 2.94 bits per heavy atom. The highest BCUT2D eigenvalue weighted by Crippen LogP contribution is 2.22. The van der Waals surface area contributed by atoms with Crippen LogP contribution in [0.25, 0.3) is 0 Å². The van der Waals surface area contributed by atoms with Crippen LogP contribution in [0.5, 0.6) is 0 Å². The Kier molecular flexibility index (Phi) is 4.32. The van der Waals surface area contributed by atoms with Crippen LogP contribution in [-0.2, 0) is 11.3 Å². The minimum atomic E-state index is -0.806. The number of thiocarbonyl (C=S) groups is 1. The van der Waals surface area contributed by atoms with Crippen molar-refractivity contribution in [3.8, 4) is 0 Å². The molecular formula is C12H16BNO2S2. The SMILES string of the molecule is CC(C)SC(=S)N(C)c1ccc2c(c1)B(O)OC2. The van der Waals surface area contributed by atoms with Crippen LogP contribution < -0.4 is 10.4 Å². The van der Waals surface area contributed by atoms with Crippen molar-refractivity contribution >= 4 is 46.6 Å². The molecule has 0 atom stereocenters. The van der Waals surface area contributed by atoms with E-state index >= 15 is 0 Å². The molecule has 0 fully saturated rings. The molecule has 0 aliphatic carbocycles. The molecule has 3 nitrogen and oxygen atoms in total. The highest BCUT2D eigenvalue weighted by atomic mass is 32.2. The van der Waals surface area contributed by atoms with Gasteiger partial charge in [-0.25, -0.2) is 0 Å². The van der Waals surface area contributed by atoms with Gasteiger partial charge >= 0.3 is 7.12 Å². The summed E-state index contributed by atoms with van der Waals surface area (Å²) in [6.07, 6.45) is 0. The van der Waals surface area contributed by atoms with Crippen LogP contribution in [0.4, 0.5) is 5.69 Å². The average Bonchev–Trinajstić information content (AvgIpc) is 2.69. The van der Waals surface area contributed by atoms with Crippen LogP contribution >= 0.6 is 24.0 Å². The minimum absolute atomic E-state index is 0.461. The average molecular weight is 281 g/mol. The number of benzene rings is 1. The predicted molar refractivity (Wildman–Crippen MR) is 82.6 cm³/mol. The van der Waals surface area contributed by atoms with Crippen molar-refractivity contribution in [3.63, 3.8) is 0 Å². The molecule has 0 amide bonds. The molecule has 96 valence electrons. The van der Waals surface area contributed by atoms with Crippen molar-refractivity contribution in [2.45, 2.75) is 25.7 Å². The molecule has 1 heterocycles. The molecule has 0 spiro atoms. The second-order valence-electron chi connectivity index (χ2n) is 4.54. The van der Waals surface area contributed by atoms with Crippen LogP contribution in [0, 0.1) is 0 Å². The maximum atomic E-state index is 9.69. The molecule has 1 aliphatic heterocycles. The van der Waals surface area contributed by atoms with Crippen LogP contribution in [0.15, 0.2) is 18.2 Å². The number of hydrogen-bond acceptors (Lipinski definition) is 4. The fourth-order valence-corrected chi connectivity index (χ4v) is 3.15. The van der Waals surface area contributed by atoms with Gasteiger partial charge in [0.2, 0.25) is 0 Å². The van der Waals surface area contributed by atoms with Gasteiger partial charge in [-0.1, -0.05) is 43.9 Å². The number of anilines is 1. The third-order valence-corrected chi connectivity index (χ3v) is 4.30. The van der Waals surface area contributed by atoms with Gasteiger partial charge < -0.3 is 14.6 Å². The molecule has 0 saturated heterocycles. The fraction of sp³-hybridized carbons (Fsp3) is 0.417. The molecule has 18 heavy (non-hydrogen) atoms. The maximum absolute atomic E-state index is 9.69. The van der Waals surface area contributed by atoms with Crippen LogP contribution in [0.1, 0.15) is 19.4 Å². The molecule has 1 aliphatic rings. The molecule has 1 aromatic carbocycles. The standard InChI is InChI=1S/C12H16BNO2S2/c1-8(2)18-12(17)14(3)10-5-4-9-7-16-13(15)11(9)6-10/h4-6,8,15H,7H2,1-3H3. The molecule has 0 saturated carbocycles. The number of thioether (sulfide) groups is 1. The first-order chi connectivity index (χ1) is 8.49. The van der Waals surface area contributed by atoms with Gasteiger partial charge in [0.05, 0.1) is 6.61 Å². The van der Waals surface area contributed by atoms with Gasteiger partial charge in [0.25, 0.3) is 0 Å². The highest BCUT2D eigenvalue weighted by Gasteiger charge is 2.27. The van der Waals surface area contributed by atoms with Gasteiger partial charge in [0, 0.05) is 18.0 Å². The lowest BCUT2D eigenvalue weighted by Crippen LogP contribution is -2.30. The van der Waals surface area contributed by atoms with E-state index in [0.717, 1.165) is 21.0 Å². The Balaban J connectivity index is 2.19. The van der Waals surface area contributed by atoms with E-state index in [1.54, 1.807) is 11.8 Å². The van der Waals surface area contributed by atoms with E-state index in [1.165, 1.54) is 0 Å². The summed E-state index contributed by atoms with van der Waals surface area (Å²) in [6, 6.07) is 5.94. The van der Waals surface area contributed by atoms with E-state index in [9.17, 15) is 5.02 Å². The number of hydrogen-bond donors (Lipinski definition) is 1. The van der Waals surface area contributed by atoms with Gasteiger partial charge in [-0.05, 0) is 23.2 Å². The zero-order valence-electron chi connectivity index (χ0n) is 10.7. The Bertz CT molecular complexity index is 467. The molecule has 0 radical (unpaired) electrons. The summed E-state index contributed by atoms with van der Waals surface area (Å²) in [4.78, 5) is 1.96. The molecule has 1 aromatic rings. The predicted octanol–water partition coefficient (Wildman–Crippen LogP) is 1.77. The number of fused-ring (bicyclic) bond motifs is 1. The summed E-state index contributed by atoms with van der Waals surface area (Å²) in [5, 5.41) is 10.2. The maximum Gasteiger partial charge on any atom is 0.491 e. The van der Waals surface area contributed by atoms with Crippen molar-refractivity contribution in [2.24, 2.45) is 0 Å².